The summed E-state index contributed by atoms with van der Waals surface area (Å²) in [6.07, 6.45) is 2.33. The van der Waals surface area contributed by atoms with Gasteiger partial charge in [-0.15, -0.1) is 0 Å². The molecule has 3 heterocycles. The van der Waals surface area contributed by atoms with E-state index in [9.17, 15) is 10.5 Å². The average molecular weight is 627 g/mol. The maximum atomic E-state index is 10.8. The number of nitriles is 2. The van der Waals surface area contributed by atoms with Gasteiger partial charge in [0.25, 0.3) is 0 Å². The van der Waals surface area contributed by atoms with Crippen LogP contribution in [0.15, 0.2) is 150 Å². The number of hydrogen-bond donors (Lipinski definition) is 0. The molecule has 0 bridgehead atoms. The van der Waals surface area contributed by atoms with Crippen LogP contribution in [0.25, 0.3) is 88.1 Å². The van der Waals surface area contributed by atoms with Crippen LogP contribution in [0.4, 0.5) is 0 Å². The van der Waals surface area contributed by atoms with Crippen molar-refractivity contribution in [2.75, 3.05) is 0 Å². The smallest absolute Gasteiger partial charge is 0.145 e. The largest absolute Gasteiger partial charge is 0.455 e. The molecule has 5 nitrogen and oxygen atoms in total. The summed E-state index contributed by atoms with van der Waals surface area (Å²) in [6.45, 7) is 0. The van der Waals surface area contributed by atoms with E-state index >= 15 is 0 Å². The maximum Gasteiger partial charge on any atom is 0.145 e. The molecule has 10 rings (SSSR count). The lowest BCUT2D eigenvalue weighted by Gasteiger charge is -2.25. The molecule has 0 amide bonds. The summed E-state index contributed by atoms with van der Waals surface area (Å²) in [6, 6.07) is 51.0. The lowest BCUT2D eigenvalue weighted by atomic mass is 9.91. The van der Waals surface area contributed by atoms with Crippen LogP contribution in [0.1, 0.15) is 6.42 Å². The number of para-hydroxylation sites is 3. The highest BCUT2D eigenvalue weighted by atomic mass is 16.3. The van der Waals surface area contributed by atoms with Gasteiger partial charge in [-0.05, 0) is 59.7 Å². The van der Waals surface area contributed by atoms with Crippen molar-refractivity contribution in [3.63, 3.8) is 0 Å². The number of benzene rings is 6. The molecule has 1 aliphatic rings. The van der Waals surface area contributed by atoms with Gasteiger partial charge >= 0.3 is 0 Å². The minimum Gasteiger partial charge on any atom is -0.455 e. The molecule has 49 heavy (non-hydrogen) atoms. The summed E-state index contributed by atoms with van der Waals surface area (Å²) in [7, 11) is 0. The van der Waals surface area contributed by atoms with Crippen molar-refractivity contribution in [3.8, 4) is 23.3 Å². The number of furan rings is 1. The Morgan fingerprint density at radius 2 is 1.22 bits per heavy atom. The Kier molecular flexibility index (Phi) is 5.76. The normalized spacial score (nSPS) is 15.1. The molecule has 1 aliphatic carbocycles. The third-order valence-electron chi connectivity index (χ3n) is 10.1. The third kappa shape index (κ3) is 3.85. The molecule has 0 aliphatic heterocycles. The Hall–Kier alpha value is -6.82. The number of fused-ring (bicyclic) bond motifs is 10. The predicted octanol–water partition coefficient (Wildman–Crippen LogP) is 11.3. The first-order valence-electron chi connectivity index (χ1n) is 16.4. The second-order valence-corrected chi connectivity index (χ2v) is 12.7. The fraction of sp³-hybridized carbons (Fsp3) is 0.0455. The Labute approximate surface area is 281 Å². The van der Waals surface area contributed by atoms with Crippen molar-refractivity contribution in [2.24, 2.45) is 5.92 Å². The van der Waals surface area contributed by atoms with Gasteiger partial charge in [-0.2, -0.15) is 10.5 Å². The lowest BCUT2D eigenvalue weighted by Crippen LogP contribution is -2.16. The van der Waals surface area contributed by atoms with Gasteiger partial charge in [0.1, 0.15) is 17.2 Å². The van der Waals surface area contributed by atoms with Gasteiger partial charge in [0.15, 0.2) is 0 Å². The zero-order valence-corrected chi connectivity index (χ0v) is 26.3. The summed E-state index contributed by atoms with van der Waals surface area (Å²) in [4.78, 5) is 0. The molecule has 3 aromatic heterocycles. The monoisotopic (exact) mass is 626 g/mol. The summed E-state index contributed by atoms with van der Waals surface area (Å²) in [5.41, 5.74) is 10.0. The van der Waals surface area contributed by atoms with Gasteiger partial charge in [0.05, 0.1) is 45.0 Å². The van der Waals surface area contributed by atoms with Crippen LogP contribution in [0, 0.1) is 28.6 Å². The molecule has 0 radical (unpaired) electrons. The van der Waals surface area contributed by atoms with Crippen molar-refractivity contribution >= 4 is 76.9 Å². The van der Waals surface area contributed by atoms with E-state index in [-0.39, 0.29) is 0 Å². The van der Waals surface area contributed by atoms with E-state index in [4.69, 9.17) is 4.42 Å². The molecule has 0 saturated carbocycles. The first kappa shape index (κ1) is 27.3. The second kappa shape index (κ2) is 10.3. The maximum absolute atomic E-state index is 10.8. The van der Waals surface area contributed by atoms with Crippen molar-refractivity contribution < 1.29 is 4.42 Å². The zero-order chi connectivity index (χ0) is 32.6. The van der Waals surface area contributed by atoms with Crippen molar-refractivity contribution in [1.82, 2.24) is 9.13 Å². The van der Waals surface area contributed by atoms with E-state index in [1.54, 1.807) is 0 Å². The van der Waals surface area contributed by atoms with Gasteiger partial charge in [-0.1, -0.05) is 91.0 Å². The van der Waals surface area contributed by atoms with Gasteiger partial charge in [-0.3, -0.25) is 0 Å². The Balaban J connectivity index is 1.29. The molecular weight excluding hydrogens is 601 g/mol. The van der Waals surface area contributed by atoms with Gasteiger partial charge in [0.2, 0.25) is 0 Å². The zero-order valence-electron chi connectivity index (χ0n) is 26.3. The average Bonchev–Trinajstić information content (AvgIpc) is 3.82. The van der Waals surface area contributed by atoms with E-state index in [2.05, 4.69) is 106 Å². The highest BCUT2D eigenvalue weighted by Gasteiger charge is 2.30. The highest BCUT2D eigenvalue weighted by Crippen LogP contribution is 2.45. The van der Waals surface area contributed by atoms with Crippen molar-refractivity contribution in [3.05, 3.63) is 145 Å². The summed E-state index contributed by atoms with van der Waals surface area (Å²) in [5, 5.41) is 27.9. The molecule has 1 unspecified atom stereocenters. The number of rotatable bonds is 3. The number of hydrogen-bond acceptors (Lipinski definition) is 3. The Morgan fingerprint density at radius 3 is 1.96 bits per heavy atom. The quantitative estimate of drug-likeness (QED) is 0.196. The molecule has 0 N–H and O–H groups in total. The van der Waals surface area contributed by atoms with Crippen LogP contribution in [-0.4, -0.2) is 9.13 Å². The molecule has 6 aromatic carbocycles. The number of nitrogens with zero attached hydrogens (tertiary/aromatic N) is 4. The molecule has 0 saturated heterocycles. The molecule has 1 atom stereocenters. The third-order valence-corrected chi connectivity index (χ3v) is 10.1. The summed E-state index contributed by atoms with van der Waals surface area (Å²) >= 11 is 0. The van der Waals surface area contributed by atoms with Crippen LogP contribution >= 0.6 is 0 Å². The van der Waals surface area contributed by atoms with E-state index in [1.807, 2.05) is 54.6 Å². The minimum absolute atomic E-state index is 0.393. The minimum atomic E-state index is -0.508. The molecule has 228 valence electrons. The highest BCUT2D eigenvalue weighted by molar-refractivity contribution is 6.24. The number of allylic oxidation sites excluding steroid dienone is 4. The van der Waals surface area contributed by atoms with E-state index in [0.29, 0.717) is 12.0 Å². The topological polar surface area (TPSA) is 70.6 Å². The Morgan fingerprint density at radius 1 is 0.571 bits per heavy atom. The van der Waals surface area contributed by atoms with Crippen LogP contribution < -0.4 is 0 Å². The number of aromatic nitrogens is 2. The molecule has 0 fully saturated rings. The first-order valence-corrected chi connectivity index (χ1v) is 16.4. The Bertz CT molecular complexity index is 2940. The second-order valence-electron chi connectivity index (χ2n) is 12.7. The van der Waals surface area contributed by atoms with Crippen LogP contribution in [0.5, 0.6) is 0 Å². The standard InChI is InChI=1S/C44H26N4O/c45-25-29-24-41(30(26-46)23-40(29)47-36-15-7-4-12-31(36)32-13-5-8-16-37(32)47)48-38-20-18-28(27-10-2-1-3-11-27)22-35(38)43-39(48)21-19-34-33-14-6-9-17-42(33)49-44(34)43/h1-22,24,30H,23H2. The van der Waals surface area contributed by atoms with Crippen molar-refractivity contribution in [1.29, 1.82) is 10.5 Å². The first-order chi connectivity index (χ1) is 24.2. The summed E-state index contributed by atoms with van der Waals surface area (Å²) < 4.78 is 11.0. The van der Waals surface area contributed by atoms with Gasteiger partial charge < -0.3 is 13.6 Å². The van der Waals surface area contributed by atoms with Gasteiger partial charge in [-0.25, -0.2) is 0 Å². The molecule has 0 spiro atoms. The molecular formula is C44H26N4O. The fourth-order valence-electron chi connectivity index (χ4n) is 7.97. The molecule has 9 aromatic rings. The van der Waals surface area contributed by atoms with E-state index in [1.165, 1.54) is 0 Å². The fourth-order valence-corrected chi connectivity index (χ4v) is 7.97. The molecule has 5 heteroatoms. The van der Waals surface area contributed by atoms with E-state index < -0.39 is 5.92 Å². The SMILES string of the molecule is N#CC1=C(n2c3ccccc3c3ccccc32)CC(C#N)C(n2c3ccc(-c4ccccc4)cc3c3c4oc5ccccc5c4ccc32)=C1. The van der Waals surface area contributed by atoms with Gasteiger partial charge in [0, 0.05) is 44.7 Å². The van der Waals surface area contributed by atoms with Crippen LogP contribution in [0.2, 0.25) is 0 Å². The van der Waals surface area contributed by atoms with E-state index in [0.717, 1.165) is 88.1 Å². The van der Waals surface area contributed by atoms with Crippen molar-refractivity contribution in [2.45, 2.75) is 6.42 Å². The lowest BCUT2D eigenvalue weighted by molar-refractivity contribution is 0.673. The van der Waals surface area contributed by atoms with Crippen LogP contribution in [-0.2, 0) is 0 Å². The van der Waals surface area contributed by atoms with Crippen LogP contribution in [0.3, 0.4) is 0 Å². The summed E-state index contributed by atoms with van der Waals surface area (Å²) in [5.74, 6) is -0.508. The predicted molar refractivity (Wildman–Crippen MR) is 198 cm³/mol.